The van der Waals surface area contributed by atoms with Crippen LogP contribution in [0.4, 0.5) is 0 Å². The quantitative estimate of drug-likeness (QED) is 0.506. The summed E-state index contributed by atoms with van der Waals surface area (Å²) in [6.45, 7) is 8.90. The van der Waals surface area contributed by atoms with Crippen LogP contribution in [-0.4, -0.2) is 12.9 Å². The second-order valence-electron chi connectivity index (χ2n) is 4.43. The molecule has 1 aromatic rings. The first-order chi connectivity index (χ1) is 5.57. The average Bonchev–Trinajstić information content (AvgIpc) is 1.89. The van der Waals surface area contributed by atoms with Crippen molar-refractivity contribution in [1.82, 2.24) is 0 Å². The molecule has 0 radical (unpaired) electrons. The van der Waals surface area contributed by atoms with E-state index < -0.39 is 0 Å². The van der Waals surface area contributed by atoms with Gasteiger partial charge in [0.2, 0.25) is 0 Å². The third-order valence-electron chi connectivity index (χ3n) is 2.40. The SMILES string of the molecule is CC(C)(C)c1ccc2c(c1)C=B2. The van der Waals surface area contributed by atoms with E-state index in [1.54, 1.807) is 0 Å². The van der Waals surface area contributed by atoms with Gasteiger partial charge < -0.3 is 0 Å². The molecule has 0 N–H and O–H groups in total. The Hall–Kier alpha value is -0.845. The maximum atomic E-state index is 2.29. The predicted octanol–water partition coefficient (Wildman–Crippen LogP) is 1.48. The van der Waals surface area contributed by atoms with Gasteiger partial charge in [0.1, 0.15) is 0 Å². The molecule has 0 amide bonds. The van der Waals surface area contributed by atoms with Crippen LogP contribution in [0.5, 0.6) is 0 Å². The summed E-state index contributed by atoms with van der Waals surface area (Å²) in [5, 5.41) is 0. The molecule has 0 unspecified atom stereocenters. The molecule has 12 heavy (non-hydrogen) atoms. The summed E-state index contributed by atoms with van der Waals surface area (Å²) < 4.78 is 0. The van der Waals surface area contributed by atoms with E-state index in [9.17, 15) is 0 Å². The van der Waals surface area contributed by atoms with Gasteiger partial charge in [-0.15, -0.1) is 0 Å². The van der Waals surface area contributed by atoms with Crippen LogP contribution in [0.3, 0.4) is 0 Å². The molecule has 0 bridgehead atoms. The zero-order valence-electron chi connectivity index (χ0n) is 7.89. The molecular formula is C11H13B. The average molecular weight is 156 g/mol. The van der Waals surface area contributed by atoms with Gasteiger partial charge in [-0.25, -0.2) is 0 Å². The van der Waals surface area contributed by atoms with Gasteiger partial charge in [-0.05, 0) is 0 Å². The summed E-state index contributed by atoms with van der Waals surface area (Å²) in [4.78, 5) is 0. The summed E-state index contributed by atoms with van der Waals surface area (Å²) in [5.41, 5.74) is 4.47. The van der Waals surface area contributed by atoms with Gasteiger partial charge in [-0.3, -0.25) is 0 Å². The van der Waals surface area contributed by atoms with Crippen molar-refractivity contribution in [2.75, 3.05) is 0 Å². The summed E-state index contributed by atoms with van der Waals surface area (Å²) in [6, 6.07) is 6.72. The Kier molecular flexibility index (Phi) is 1.51. The zero-order valence-corrected chi connectivity index (χ0v) is 7.89. The molecule has 2 rings (SSSR count). The molecule has 1 heterocycles. The van der Waals surface area contributed by atoms with Gasteiger partial charge in [0.25, 0.3) is 0 Å². The number of hydrogen-bond donors (Lipinski definition) is 0. The van der Waals surface area contributed by atoms with Crippen molar-refractivity contribution in [1.29, 1.82) is 0 Å². The summed E-state index contributed by atoms with van der Waals surface area (Å²) >= 11 is 0. The Morgan fingerprint density at radius 1 is 1.17 bits per heavy atom. The van der Waals surface area contributed by atoms with E-state index in [0.29, 0.717) is 0 Å². The minimum absolute atomic E-state index is 0.276. The molecule has 0 saturated heterocycles. The monoisotopic (exact) mass is 156 g/mol. The van der Waals surface area contributed by atoms with Crippen LogP contribution in [0.2, 0.25) is 0 Å². The van der Waals surface area contributed by atoms with Crippen molar-refractivity contribution in [3.63, 3.8) is 0 Å². The molecule has 0 nitrogen and oxygen atoms in total. The first-order valence-electron chi connectivity index (χ1n) is 4.40. The number of fused-ring (bicyclic) bond motifs is 1. The van der Waals surface area contributed by atoms with E-state index in [1.807, 2.05) is 0 Å². The molecule has 0 fully saturated rings. The molecule has 0 spiro atoms. The van der Waals surface area contributed by atoms with Crippen molar-refractivity contribution >= 4 is 18.4 Å². The van der Waals surface area contributed by atoms with Gasteiger partial charge in [0, 0.05) is 0 Å². The van der Waals surface area contributed by atoms with E-state index >= 15 is 0 Å². The molecule has 0 atom stereocenters. The standard InChI is InChI=1S/C11H13B/c1-11(2,3)9-4-5-10-8(6-9)7-12-10/h4-7H,1-3H3. The number of hydrogen-bond acceptors (Lipinski definition) is 0. The first kappa shape index (κ1) is 7.79. The predicted molar refractivity (Wildman–Crippen MR) is 55.7 cm³/mol. The van der Waals surface area contributed by atoms with Crippen LogP contribution < -0.4 is 5.46 Å². The summed E-state index contributed by atoms with van der Waals surface area (Å²) in [7, 11) is 0. The van der Waals surface area contributed by atoms with Gasteiger partial charge in [-0.1, -0.05) is 0 Å². The van der Waals surface area contributed by atoms with E-state index in [-0.39, 0.29) is 5.41 Å². The topological polar surface area (TPSA) is 0 Å². The van der Waals surface area contributed by atoms with E-state index in [0.717, 1.165) is 0 Å². The van der Waals surface area contributed by atoms with Crippen LogP contribution >= 0.6 is 0 Å². The van der Waals surface area contributed by atoms with Crippen LogP contribution in [0.1, 0.15) is 31.9 Å². The Morgan fingerprint density at radius 2 is 1.92 bits per heavy atom. The van der Waals surface area contributed by atoms with Crippen molar-refractivity contribution in [2.45, 2.75) is 26.2 Å². The minimum atomic E-state index is 0.276. The molecule has 60 valence electrons. The fourth-order valence-electron chi connectivity index (χ4n) is 1.42. The molecule has 0 aromatic heterocycles. The van der Waals surface area contributed by atoms with Gasteiger partial charge in [0.15, 0.2) is 0 Å². The van der Waals surface area contributed by atoms with Gasteiger partial charge >= 0.3 is 73.9 Å². The van der Waals surface area contributed by atoms with E-state index in [2.05, 4.69) is 51.9 Å². The Morgan fingerprint density at radius 3 is 2.33 bits per heavy atom. The second kappa shape index (κ2) is 2.32. The van der Waals surface area contributed by atoms with Crippen molar-refractivity contribution < 1.29 is 0 Å². The van der Waals surface area contributed by atoms with Crippen LogP contribution in [0, 0.1) is 0 Å². The summed E-state index contributed by atoms with van der Waals surface area (Å²) in [6.07, 6.45) is 0. The third-order valence-corrected chi connectivity index (χ3v) is 2.40. The Bertz CT molecular complexity index is 343. The first-order valence-corrected chi connectivity index (χ1v) is 4.40. The molecule has 1 aromatic carbocycles. The molecule has 0 aliphatic carbocycles. The second-order valence-corrected chi connectivity index (χ2v) is 4.43. The van der Waals surface area contributed by atoms with Crippen molar-refractivity contribution in [2.24, 2.45) is 0 Å². The van der Waals surface area contributed by atoms with E-state index in [1.165, 1.54) is 16.6 Å². The Balaban J connectivity index is 2.45. The molecule has 1 heteroatoms. The fraction of sp³-hybridized carbons (Fsp3) is 0.364. The van der Waals surface area contributed by atoms with Crippen LogP contribution in [-0.2, 0) is 5.41 Å². The normalized spacial score (nSPS) is 13.2. The molecule has 1 aliphatic rings. The number of rotatable bonds is 0. The van der Waals surface area contributed by atoms with Crippen LogP contribution in [0.15, 0.2) is 18.2 Å². The van der Waals surface area contributed by atoms with E-state index in [4.69, 9.17) is 0 Å². The van der Waals surface area contributed by atoms with Gasteiger partial charge in [-0.2, -0.15) is 0 Å². The van der Waals surface area contributed by atoms with Crippen molar-refractivity contribution in [3.8, 4) is 0 Å². The molecular weight excluding hydrogens is 143 g/mol. The van der Waals surface area contributed by atoms with Crippen molar-refractivity contribution in [3.05, 3.63) is 29.3 Å². The van der Waals surface area contributed by atoms with Gasteiger partial charge in [0.05, 0.1) is 0 Å². The third kappa shape index (κ3) is 1.14. The molecule has 1 aliphatic heterocycles. The summed E-state index contributed by atoms with van der Waals surface area (Å²) in [5.74, 6) is 2.17. The van der Waals surface area contributed by atoms with Crippen LogP contribution in [0.25, 0.3) is 0 Å². The number of benzene rings is 1. The zero-order chi connectivity index (χ0) is 8.77. The fourth-order valence-corrected chi connectivity index (χ4v) is 1.42. The Labute approximate surface area is 74.5 Å². The molecule has 0 saturated carbocycles. The maximum absolute atomic E-state index is 2.29.